The molecule has 150 valence electrons. The van der Waals surface area contributed by atoms with Crippen LogP contribution in [0.4, 0.5) is 10.1 Å². The lowest BCUT2D eigenvalue weighted by molar-refractivity contribution is -0.122. The van der Waals surface area contributed by atoms with E-state index in [1.165, 1.54) is 10.7 Å². The van der Waals surface area contributed by atoms with Gasteiger partial charge in [-0.05, 0) is 37.5 Å². The predicted molar refractivity (Wildman–Crippen MR) is 110 cm³/mol. The van der Waals surface area contributed by atoms with Crippen molar-refractivity contribution in [2.24, 2.45) is 5.92 Å². The van der Waals surface area contributed by atoms with Gasteiger partial charge < -0.3 is 10.2 Å². The summed E-state index contributed by atoms with van der Waals surface area (Å²) in [6.07, 6.45) is 0.877. The van der Waals surface area contributed by atoms with Gasteiger partial charge in [-0.15, -0.1) is 0 Å². The smallest absolute Gasteiger partial charge is 0.275 e. The van der Waals surface area contributed by atoms with Gasteiger partial charge in [0.2, 0.25) is 5.91 Å². The SMILES string of the molecule is Cc1nn(CC(=O)NC[C@@H]2CCN(c3ccccc3F)C2)c(=O)c2ccccc12. The molecule has 1 saturated heterocycles. The van der Waals surface area contributed by atoms with Crippen LogP contribution in [0.2, 0.25) is 0 Å². The van der Waals surface area contributed by atoms with Crippen molar-refractivity contribution in [1.29, 1.82) is 0 Å². The van der Waals surface area contributed by atoms with Crippen LogP contribution >= 0.6 is 0 Å². The first-order valence-corrected chi connectivity index (χ1v) is 9.75. The van der Waals surface area contributed by atoms with Crippen molar-refractivity contribution in [3.8, 4) is 0 Å². The van der Waals surface area contributed by atoms with Gasteiger partial charge in [-0.1, -0.05) is 30.3 Å². The molecule has 1 amide bonds. The van der Waals surface area contributed by atoms with E-state index in [1.807, 2.05) is 30.0 Å². The third kappa shape index (κ3) is 3.99. The van der Waals surface area contributed by atoms with Crippen LogP contribution in [0.1, 0.15) is 12.1 Å². The number of carbonyl (C=O) groups is 1. The number of aromatic nitrogens is 2. The quantitative estimate of drug-likeness (QED) is 0.722. The molecule has 6 nitrogen and oxygen atoms in total. The molecule has 1 aliphatic heterocycles. The van der Waals surface area contributed by atoms with E-state index in [4.69, 9.17) is 0 Å². The van der Waals surface area contributed by atoms with E-state index in [-0.39, 0.29) is 29.7 Å². The molecular weight excluding hydrogens is 371 g/mol. The van der Waals surface area contributed by atoms with Gasteiger partial charge in [-0.2, -0.15) is 5.10 Å². The second kappa shape index (κ2) is 8.03. The number of aryl methyl sites for hydroxylation is 1. The zero-order chi connectivity index (χ0) is 20.4. The van der Waals surface area contributed by atoms with E-state index < -0.39 is 0 Å². The third-order valence-electron chi connectivity index (χ3n) is 5.41. The molecule has 7 heteroatoms. The van der Waals surface area contributed by atoms with Crippen LogP contribution in [0.15, 0.2) is 53.3 Å². The monoisotopic (exact) mass is 394 g/mol. The Morgan fingerprint density at radius 2 is 1.90 bits per heavy atom. The molecule has 29 heavy (non-hydrogen) atoms. The maximum atomic E-state index is 14.0. The molecule has 1 fully saturated rings. The zero-order valence-corrected chi connectivity index (χ0v) is 16.3. The predicted octanol–water partition coefficient (Wildman–Crippen LogP) is 2.49. The average Bonchev–Trinajstić information content (AvgIpc) is 3.19. The second-order valence-corrected chi connectivity index (χ2v) is 7.45. The first-order chi connectivity index (χ1) is 14.0. The van der Waals surface area contributed by atoms with E-state index in [9.17, 15) is 14.0 Å². The van der Waals surface area contributed by atoms with Crippen molar-refractivity contribution in [3.05, 3.63) is 70.4 Å². The molecule has 0 aliphatic carbocycles. The van der Waals surface area contributed by atoms with Gasteiger partial charge in [0, 0.05) is 25.0 Å². The lowest BCUT2D eigenvalue weighted by Gasteiger charge is -2.19. The van der Waals surface area contributed by atoms with Gasteiger partial charge >= 0.3 is 0 Å². The minimum atomic E-state index is -0.270. The summed E-state index contributed by atoms with van der Waals surface area (Å²) >= 11 is 0. The summed E-state index contributed by atoms with van der Waals surface area (Å²) in [5, 5.41) is 8.53. The Bertz CT molecular complexity index is 1110. The molecule has 1 N–H and O–H groups in total. The Hall–Kier alpha value is -3.22. The van der Waals surface area contributed by atoms with E-state index in [0.29, 0.717) is 29.9 Å². The van der Waals surface area contributed by atoms with Crippen molar-refractivity contribution in [2.75, 3.05) is 24.5 Å². The van der Waals surface area contributed by atoms with Crippen molar-refractivity contribution in [2.45, 2.75) is 19.9 Å². The fraction of sp³-hybridized carbons (Fsp3) is 0.318. The van der Waals surface area contributed by atoms with Crippen LogP contribution in [-0.4, -0.2) is 35.3 Å². The lowest BCUT2D eigenvalue weighted by atomic mass is 10.1. The highest BCUT2D eigenvalue weighted by Gasteiger charge is 2.24. The first kappa shape index (κ1) is 19.1. The highest BCUT2D eigenvalue weighted by Crippen LogP contribution is 2.25. The van der Waals surface area contributed by atoms with Crippen LogP contribution in [-0.2, 0) is 11.3 Å². The first-order valence-electron chi connectivity index (χ1n) is 9.75. The molecule has 0 bridgehead atoms. The van der Waals surface area contributed by atoms with Gasteiger partial charge in [0.1, 0.15) is 12.4 Å². The zero-order valence-electron chi connectivity index (χ0n) is 16.3. The number of rotatable bonds is 5. The highest BCUT2D eigenvalue weighted by molar-refractivity contribution is 5.83. The number of anilines is 1. The van der Waals surface area contributed by atoms with E-state index >= 15 is 0 Å². The number of nitrogens with one attached hydrogen (secondary N) is 1. The van der Waals surface area contributed by atoms with Gasteiger partial charge in [0.05, 0.1) is 16.8 Å². The maximum absolute atomic E-state index is 14.0. The Kier molecular flexibility index (Phi) is 5.29. The molecule has 0 unspecified atom stereocenters. The van der Waals surface area contributed by atoms with Gasteiger partial charge in [-0.3, -0.25) is 9.59 Å². The molecule has 2 heterocycles. The number of carbonyl (C=O) groups excluding carboxylic acids is 1. The number of amides is 1. The number of para-hydroxylation sites is 1. The maximum Gasteiger partial charge on any atom is 0.275 e. The summed E-state index contributed by atoms with van der Waals surface area (Å²) in [5.41, 5.74) is 1.04. The summed E-state index contributed by atoms with van der Waals surface area (Å²) in [6, 6.07) is 14.0. The molecule has 0 saturated carbocycles. The molecular formula is C22H23FN4O2. The Morgan fingerprint density at radius 3 is 2.69 bits per heavy atom. The Balaban J connectivity index is 1.37. The number of hydrogen-bond donors (Lipinski definition) is 1. The Labute approximate surface area is 167 Å². The second-order valence-electron chi connectivity index (χ2n) is 7.45. The summed E-state index contributed by atoms with van der Waals surface area (Å²) in [4.78, 5) is 27.0. The molecule has 1 atom stereocenters. The topological polar surface area (TPSA) is 67.2 Å². The normalized spacial score (nSPS) is 16.3. The van der Waals surface area contributed by atoms with E-state index in [0.717, 1.165) is 18.4 Å². The van der Waals surface area contributed by atoms with Crippen LogP contribution in [0, 0.1) is 18.7 Å². The molecule has 2 aromatic carbocycles. The lowest BCUT2D eigenvalue weighted by Crippen LogP contribution is -2.37. The minimum absolute atomic E-state index is 0.117. The molecule has 0 radical (unpaired) electrons. The highest BCUT2D eigenvalue weighted by atomic mass is 19.1. The molecule has 3 aromatic rings. The summed E-state index contributed by atoms with van der Waals surface area (Å²) < 4.78 is 15.2. The van der Waals surface area contributed by atoms with Gasteiger partial charge in [0.25, 0.3) is 5.56 Å². The average molecular weight is 394 g/mol. The van der Waals surface area contributed by atoms with Crippen LogP contribution in [0.5, 0.6) is 0 Å². The summed E-state index contributed by atoms with van der Waals surface area (Å²) in [5.74, 6) is -0.241. The standard InChI is InChI=1S/C22H23FN4O2/c1-15-17-6-2-3-7-18(17)22(29)27(25-15)14-21(28)24-12-16-10-11-26(13-16)20-9-5-4-8-19(20)23/h2-9,16H,10-14H2,1H3,(H,24,28)/t16-/m0/s1. The molecule has 4 rings (SSSR count). The number of nitrogens with zero attached hydrogens (tertiary/aromatic N) is 3. The van der Waals surface area contributed by atoms with Gasteiger partial charge in [0.15, 0.2) is 0 Å². The largest absolute Gasteiger partial charge is 0.369 e. The number of halogens is 1. The van der Waals surface area contributed by atoms with Crippen LogP contribution in [0.25, 0.3) is 10.8 Å². The van der Waals surface area contributed by atoms with Crippen LogP contribution < -0.4 is 15.8 Å². The van der Waals surface area contributed by atoms with Crippen LogP contribution in [0.3, 0.4) is 0 Å². The van der Waals surface area contributed by atoms with Crippen molar-refractivity contribution < 1.29 is 9.18 Å². The molecule has 0 spiro atoms. The number of benzene rings is 2. The molecule has 1 aliphatic rings. The third-order valence-corrected chi connectivity index (χ3v) is 5.41. The molecule has 1 aromatic heterocycles. The van der Waals surface area contributed by atoms with Gasteiger partial charge in [-0.25, -0.2) is 9.07 Å². The number of fused-ring (bicyclic) bond motifs is 1. The fourth-order valence-corrected chi connectivity index (χ4v) is 3.89. The Morgan fingerprint density at radius 1 is 1.17 bits per heavy atom. The van der Waals surface area contributed by atoms with Crippen molar-refractivity contribution >= 4 is 22.4 Å². The number of hydrogen-bond acceptors (Lipinski definition) is 4. The van der Waals surface area contributed by atoms with Crippen molar-refractivity contribution in [3.63, 3.8) is 0 Å². The van der Waals surface area contributed by atoms with E-state index in [2.05, 4.69) is 10.4 Å². The van der Waals surface area contributed by atoms with E-state index in [1.54, 1.807) is 24.3 Å². The fourth-order valence-electron chi connectivity index (χ4n) is 3.89. The minimum Gasteiger partial charge on any atom is -0.369 e. The summed E-state index contributed by atoms with van der Waals surface area (Å²) in [7, 11) is 0. The van der Waals surface area contributed by atoms with Crippen molar-refractivity contribution in [1.82, 2.24) is 15.1 Å². The summed E-state index contributed by atoms with van der Waals surface area (Å²) in [6.45, 7) is 3.65.